The van der Waals surface area contributed by atoms with E-state index >= 15 is 8.78 Å². The summed E-state index contributed by atoms with van der Waals surface area (Å²) in [5, 5.41) is 24.3. The monoisotopic (exact) mass is 1260 g/mol. The van der Waals surface area contributed by atoms with Crippen molar-refractivity contribution in [2.24, 2.45) is 0 Å². The van der Waals surface area contributed by atoms with E-state index in [4.69, 9.17) is 62.6 Å². The third kappa shape index (κ3) is 10.2. The van der Waals surface area contributed by atoms with Crippen molar-refractivity contribution in [1.82, 2.24) is 49.5 Å². The molecule has 3 unspecified atom stereocenters. The smallest absolute Gasteiger partial charge is 0.319 e. The number of fused-ring (bicyclic) bond motifs is 6. The fourth-order valence-electron chi connectivity index (χ4n) is 15.9. The maximum Gasteiger partial charge on any atom is 0.319 e. The van der Waals surface area contributed by atoms with Gasteiger partial charge >= 0.3 is 12.0 Å². The lowest BCUT2D eigenvalue weighted by Crippen LogP contribution is -2.44. The first-order chi connectivity index (χ1) is 44.2. The summed E-state index contributed by atoms with van der Waals surface area (Å²) in [5.41, 5.74) is 1.49. The van der Waals surface area contributed by atoms with E-state index < -0.39 is 23.2 Å². The van der Waals surface area contributed by atoms with Gasteiger partial charge in [0, 0.05) is 96.1 Å². The van der Waals surface area contributed by atoms with Crippen molar-refractivity contribution in [3.8, 4) is 46.7 Å². The molecule has 6 aliphatic rings. The predicted molar refractivity (Wildman–Crippen MR) is 346 cm³/mol. The van der Waals surface area contributed by atoms with Gasteiger partial charge in [0.25, 0.3) is 0 Å². The lowest BCUT2D eigenvalue weighted by molar-refractivity contribution is -0.127. The molecule has 464 valence electrons. The van der Waals surface area contributed by atoms with E-state index in [1.807, 2.05) is 65.4 Å². The number of likely N-dealkylation sites (N-methyl/N-ethyl adjacent to an activating group) is 2. The van der Waals surface area contributed by atoms with Crippen molar-refractivity contribution < 1.29 is 27.8 Å². The summed E-state index contributed by atoms with van der Waals surface area (Å²) < 4.78 is 49.0. The van der Waals surface area contributed by atoms with Crippen LogP contribution >= 0.6 is 23.2 Å². The highest BCUT2D eigenvalue weighted by atomic mass is 35.5. The van der Waals surface area contributed by atoms with Gasteiger partial charge in [-0.2, -0.15) is 30.5 Å². The SMILES string of the molecule is C=CC(=O)N1C[C@H](N(C)c2nc(OCC34CCCN3C(c3ccc(Cl)c5c(-c6ncc7c(N(C)[C@@H]8C[C@@H](CC#N)N(C(=O)C=C)C8)nc(OCC89CCCN8CCC9)nc7c6F)cccc35)CC4)nc3c(F)c(-c4cccc5cccc(Cl)c45)ncc23)CC1C#N. The molecule has 0 radical (unpaired) electrons. The second-order valence-electron chi connectivity index (χ2n) is 25.2. The van der Waals surface area contributed by atoms with Crippen LogP contribution in [0.5, 0.6) is 12.0 Å². The molecule has 14 rings (SSSR count). The van der Waals surface area contributed by atoms with Gasteiger partial charge in [0.05, 0.1) is 46.5 Å². The summed E-state index contributed by atoms with van der Waals surface area (Å²) in [6.07, 6.45) is 13.9. The molecule has 22 heteroatoms. The van der Waals surface area contributed by atoms with Crippen molar-refractivity contribution in [3.63, 3.8) is 0 Å². The Morgan fingerprint density at radius 3 is 1.89 bits per heavy atom. The Balaban J connectivity index is 0.798. The molecule has 6 saturated heterocycles. The second kappa shape index (κ2) is 23.9. The fraction of sp³-hybridized carbons (Fsp3) is 0.391. The molecule has 4 aromatic carbocycles. The lowest BCUT2D eigenvalue weighted by Gasteiger charge is -2.35. The number of carbonyl (C=O) groups excluding carboxylic acids is 2. The van der Waals surface area contributed by atoms with Gasteiger partial charge < -0.3 is 29.1 Å². The summed E-state index contributed by atoms with van der Waals surface area (Å²) in [5.74, 6) is -1.26. The quantitative estimate of drug-likeness (QED) is 0.0827. The fourth-order valence-corrected chi connectivity index (χ4v) is 16.5. The number of anilines is 2. The topological polar surface area (TPSA) is 197 Å². The van der Waals surface area contributed by atoms with Gasteiger partial charge in [0.1, 0.15) is 53.3 Å². The molecule has 10 heterocycles. The number of amides is 2. The average Bonchev–Trinajstić information content (AvgIpc) is 1.75. The number of aromatic nitrogens is 6. The van der Waals surface area contributed by atoms with Crippen molar-refractivity contribution >= 4 is 90.0 Å². The lowest BCUT2D eigenvalue weighted by atomic mass is 9.92. The largest absolute Gasteiger partial charge is 0.461 e. The highest BCUT2D eigenvalue weighted by molar-refractivity contribution is 6.37. The van der Waals surface area contributed by atoms with Crippen molar-refractivity contribution in [3.05, 3.63) is 132 Å². The van der Waals surface area contributed by atoms with Gasteiger partial charge in [-0.05, 0) is 118 Å². The molecule has 0 N–H and O–H groups in total. The number of hydrogen-bond donors (Lipinski definition) is 0. The maximum atomic E-state index is 18.0. The molecular formula is C69H66Cl2F2N14O4. The summed E-state index contributed by atoms with van der Waals surface area (Å²) in [7, 11) is 3.66. The summed E-state index contributed by atoms with van der Waals surface area (Å²) in [6.45, 7) is 11.2. The van der Waals surface area contributed by atoms with Crippen LogP contribution in [0.2, 0.25) is 10.0 Å². The van der Waals surface area contributed by atoms with Crippen LogP contribution in [0.15, 0.2) is 104 Å². The zero-order chi connectivity index (χ0) is 63.0. The van der Waals surface area contributed by atoms with Gasteiger partial charge in [0.15, 0.2) is 11.6 Å². The predicted octanol–water partition coefficient (Wildman–Crippen LogP) is 12.0. The molecule has 2 amide bonds. The number of hydrogen-bond acceptors (Lipinski definition) is 16. The van der Waals surface area contributed by atoms with Gasteiger partial charge in [-0.15, -0.1) is 0 Å². The van der Waals surface area contributed by atoms with Crippen LogP contribution in [-0.2, 0) is 9.59 Å². The molecule has 6 atom stereocenters. The van der Waals surface area contributed by atoms with E-state index in [9.17, 15) is 20.1 Å². The third-order valence-corrected chi connectivity index (χ3v) is 21.2. The Morgan fingerprint density at radius 1 is 0.692 bits per heavy atom. The molecular weight excluding hydrogens is 1200 g/mol. The van der Waals surface area contributed by atoms with E-state index in [1.165, 1.54) is 17.1 Å². The van der Waals surface area contributed by atoms with Crippen LogP contribution in [0.3, 0.4) is 0 Å². The minimum absolute atomic E-state index is 0.0150. The molecule has 6 fully saturated rings. The van der Waals surface area contributed by atoms with Crippen molar-refractivity contribution in [2.75, 3.05) is 69.8 Å². The maximum absolute atomic E-state index is 18.0. The van der Waals surface area contributed by atoms with Crippen LogP contribution in [0.25, 0.3) is 65.9 Å². The number of nitriles is 2. The first-order valence-electron chi connectivity index (χ1n) is 31.1. The Labute approximate surface area is 535 Å². The molecule has 0 bridgehead atoms. The highest BCUT2D eigenvalue weighted by Gasteiger charge is 2.51. The number of benzene rings is 4. The number of ether oxygens (including phenoxy) is 2. The Bertz CT molecular complexity index is 4400. The van der Waals surface area contributed by atoms with E-state index in [1.54, 1.807) is 36.5 Å². The van der Waals surface area contributed by atoms with Gasteiger partial charge in [-0.3, -0.25) is 29.4 Å². The van der Waals surface area contributed by atoms with E-state index in [0.29, 0.717) is 80.3 Å². The molecule has 0 saturated carbocycles. The Kier molecular flexibility index (Phi) is 15.7. The molecule has 6 aliphatic heterocycles. The zero-order valence-electron chi connectivity index (χ0n) is 50.6. The van der Waals surface area contributed by atoms with Gasteiger partial charge in [-0.25, -0.2) is 8.78 Å². The van der Waals surface area contributed by atoms with Crippen LogP contribution in [0, 0.1) is 34.3 Å². The summed E-state index contributed by atoms with van der Waals surface area (Å²) in [4.78, 5) is 67.1. The van der Waals surface area contributed by atoms with E-state index in [2.05, 4.69) is 41.2 Å². The first kappa shape index (κ1) is 59.9. The molecule has 91 heavy (non-hydrogen) atoms. The average molecular weight is 1260 g/mol. The van der Waals surface area contributed by atoms with Crippen molar-refractivity contribution in [2.45, 2.75) is 112 Å². The minimum Gasteiger partial charge on any atom is -0.461 e. The van der Waals surface area contributed by atoms with Crippen molar-refractivity contribution in [1.29, 1.82) is 10.5 Å². The van der Waals surface area contributed by atoms with E-state index in [-0.39, 0.29) is 95.5 Å². The molecule has 8 aromatic rings. The van der Waals surface area contributed by atoms with Crippen LogP contribution in [0.1, 0.15) is 82.2 Å². The molecule has 18 nitrogen and oxygen atoms in total. The number of pyridine rings is 2. The standard InChI is InChI=1S/C69H66Cl2F2N14O4/c1-5-54(88)85-36-43(31-41(85)22-27-74)82(3)64-50-35-77-61(59(73)63(50)78-66(80-64)90-38-68-23-10-28-84(68)29-11-24-68)48-17-9-15-46-45(19-20-52(71)57(46)48)53-21-26-69(25-12-30-87(53)69)39-91-67-79-62-49(65(81-67)83(4)44-32-42(33-75)86(37-44)55(89)6-2)34-76-60(58(62)72)47-16-7-13-40-14-8-18-51(70)56(40)47/h5-9,13-20,34-35,41-44,53H,1-2,10-12,21-26,28-32,36-39H2,3-4H3/t41-,42?,43-,44-,53?,69?/m1/s1. The van der Waals surface area contributed by atoms with Crippen LogP contribution in [0.4, 0.5) is 20.4 Å². The molecule has 0 spiro atoms. The molecule has 0 aliphatic carbocycles. The number of likely N-dealkylation sites (tertiary alicyclic amines) is 2. The zero-order valence-corrected chi connectivity index (χ0v) is 52.1. The normalized spacial score (nSPS) is 22.8. The number of nitrogens with zero attached hydrogens (tertiary/aromatic N) is 14. The first-order valence-corrected chi connectivity index (χ1v) is 31.9. The van der Waals surface area contributed by atoms with Gasteiger partial charge in [0.2, 0.25) is 11.8 Å². The Hall–Kier alpha value is -8.66. The van der Waals surface area contributed by atoms with Gasteiger partial charge in [-0.1, -0.05) is 91.0 Å². The number of halogens is 4. The number of carbonyl (C=O) groups is 2. The Morgan fingerprint density at radius 2 is 1.25 bits per heavy atom. The minimum atomic E-state index is -0.711. The highest BCUT2D eigenvalue weighted by Crippen LogP contribution is 2.52. The summed E-state index contributed by atoms with van der Waals surface area (Å²) >= 11 is 14.1. The summed E-state index contributed by atoms with van der Waals surface area (Å²) in [6, 6.07) is 23.3. The second-order valence-corrected chi connectivity index (χ2v) is 26.0. The third-order valence-electron chi connectivity index (χ3n) is 20.5. The van der Waals surface area contributed by atoms with Crippen LogP contribution < -0.4 is 19.3 Å². The van der Waals surface area contributed by atoms with Crippen LogP contribution in [-0.4, -0.2) is 157 Å². The number of rotatable bonds is 16. The van der Waals surface area contributed by atoms with E-state index in [0.717, 1.165) is 87.3 Å². The molecule has 4 aromatic heterocycles.